The molecule has 4 rings (SSSR count). The number of benzene rings is 1. The van der Waals surface area contributed by atoms with Gasteiger partial charge in [-0.15, -0.1) is 0 Å². The monoisotopic (exact) mass is 452 g/mol. The highest BCUT2D eigenvalue weighted by atomic mass is 32.1. The molecule has 0 amide bonds. The van der Waals surface area contributed by atoms with E-state index in [1.54, 1.807) is 0 Å². The number of rotatable bonds is 5. The van der Waals surface area contributed by atoms with Gasteiger partial charge in [-0.25, -0.2) is 0 Å². The maximum absolute atomic E-state index is 5.63. The number of anilines is 3. The number of hydrogen-bond acceptors (Lipinski definition) is 5. The zero-order valence-electron chi connectivity index (χ0n) is 19.2. The molecule has 0 spiro atoms. The van der Waals surface area contributed by atoms with E-state index in [1.165, 1.54) is 56.9 Å². The van der Waals surface area contributed by atoms with Crippen molar-refractivity contribution >= 4 is 34.9 Å². The number of hydrogen-bond donors (Lipinski definition) is 2. The minimum Gasteiger partial charge on any atom is -0.356 e. The maximum Gasteiger partial charge on any atom is 0.232 e. The minimum atomic E-state index is 0.107. The Bertz CT molecular complexity index is 820. The third kappa shape index (κ3) is 6.31. The first-order valence-electron chi connectivity index (χ1n) is 12.2. The van der Waals surface area contributed by atoms with Crippen LogP contribution in [0.5, 0.6) is 0 Å². The molecule has 2 fully saturated rings. The molecule has 0 saturated carbocycles. The van der Waals surface area contributed by atoms with E-state index in [4.69, 9.17) is 22.2 Å². The lowest BCUT2D eigenvalue weighted by Crippen LogP contribution is -2.33. The highest BCUT2D eigenvalue weighted by molar-refractivity contribution is 7.80. The first-order chi connectivity index (χ1) is 15.7. The van der Waals surface area contributed by atoms with Gasteiger partial charge in [-0.3, -0.25) is 0 Å². The summed E-state index contributed by atoms with van der Waals surface area (Å²) in [6.45, 7) is 6.35. The zero-order chi connectivity index (χ0) is 22.2. The summed E-state index contributed by atoms with van der Waals surface area (Å²) in [6.07, 6.45) is 10.1. The topological polar surface area (TPSA) is 56.3 Å². The number of nitrogens with zero attached hydrogens (tertiary/aromatic N) is 4. The molecule has 1 unspecified atom stereocenters. The Labute approximate surface area is 197 Å². The molecule has 0 aliphatic carbocycles. The molecule has 3 heterocycles. The van der Waals surface area contributed by atoms with Gasteiger partial charge in [0.1, 0.15) is 11.6 Å². The lowest BCUT2D eigenvalue weighted by molar-refractivity contribution is 0.721. The molecule has 0 bridgehead atoms. The van der Waals surface area contributed by atoms with Crippen molar-refractivity contribution in [1.29, 1.82) is 0 Å². The van der Waals surface area contributed by atoms with Crippen LogP contribution in [-0.2, 0) is 0 Å². The quantitative estimate of drug-likeness (QED) is 0.598. The van der Waals surface area contributed by atoms with Crippen LogP contribution in [0, 0.1) is 0 Å². The average molecular weight is 453 g/mol. The standard InChI is InChI=1S/C25H36N6S/c1-20(21-13-7-6-8-14-21)26-25(32)29-24-27-22(30-15-9-2-3-10-16-30)19-23(28-24)31-17-11-4-5-12-18-31/h6-8,13-14,19-20H,2-5,9-12,15-18H2,1H3,(H2,26,27,28,29,32). The van der Waals surface area contributed by atoms with Crippen molar-refractivity contribution in [2.75, 3.05) is 41.3 Å². The largest absolute Gasteiger partial charge is 0.356 e. The second kappa shape index (κ2) is 11.5. The summed E-state index contributed by atoms with van der Waals surface area (Å²) in [5.41, 5.74) is 1.20. The molecular weight excluding hydrogens is 416 g/mol. The summed E-state index contributed by atoms with van der Waals surface area (Å²) in [5, 5.41) is 7.21. The van der Waals surface area contributed by atoms with E-state index in [-0.39, 0.29) is 6.04 Å². The number of aromatic nitrogens is 2. The summed E-state index contributed by atoms with van der Waals surface area (Å²) in [6, 6.07) is 12.6. The van der Waals surface area contributed by atoms with Crippen LogP contribution in [0.25, 0.3) is 0 Å². The molecule has 1 aromatic heterocycles. The second-order valence-corrected chi connectivity index (χ2v) is 9.35. The highest BCUT2D eigenvalue weighted by Gasteiger charge is 2.18. The van der Waals surface area contributed by atoms with Crippen LogP contribution in [0.4, 0.5) is 17.6 Å². The van der Waals surface area contributed by atoms with Crippen molar-refractivity contribution in [2.24, 2.45) is 0 Å². The van der Waals surface area contributed by atoms with Crippen LogP contribution < -0.4 is 20.4 Å². The van der Waals surface area contributed by atoms with Gasteiger partial charge in [0, 0.05) is 32.2 Å². The minimum absolute atomic E-state index is 0.107. The van der Waals surface area contributed by atoms with E-state index in [0.717, 1.165) is 37.8 Å². The van der Waals surface area contributed by atoms with E-state index in [1.807, 2.05) is 18.2 Å². The van der Waals surface area contributed by atoms with E-state index < -0.39 is 0 Å². The van der Waals surface area contributed by atoms with E-state index in [0.29, 0.717) is 11.1 Å². The Hall–Kier alpha value is -2.41. The summed E-state index contributed by atoms with van der Waals surface area (Å²) < 4.78 is 0. The van der Waals surface area contributed by atoms with Crippen molar-refractivity contribution in [3.8, 4) is 0 Å². The fourth-order valence-corrected chi connectivity index (χ4v) is 4.83. The molecule has 2 N–H and O–H groups in total. The molecule has 1 atom stereocenters. The van der Waals surface area contributed by atoms with Crippen LogP contribution >= 0.6 is 12.2 Å². The lowest BCUT2D eigenvalue weighted by Gasteiger charge is -2.26. The Morgan fingerprint density at radius 3 is 1.81 bits per heavy atom. The van der Waals surface area contributed by atoms with Gasteiger partial charge in [0.2, 0.25) is 5.95 Å². The predicted octanol–water partition coefficient (Wildman–Crippen LogP) is 5.29. The van der Waals surface area contributed by atoms with Crippen molar-refractivity contribution in [3.63, 3.8) is 0 Å². The van der Waals surface area contributed by atoms with Crippen molar-refractivity contribution < 1.29 is 0 Å². The van der Waals surface area contributed by atoms with Crippen molar-refractivity contribution in [1.82, 2.24) is 15.3 Å². The summed E-state index contributed by atoms with van der Waals surface area (Å²) in [4.78, 5) is 14.6. The molecule has 172 valence electrons. The van der Waals surface area contributed by atoms with E-state index >= 15 is 0 Å². The van der Waals surface area contributed by atoms with Crippen molar-refractivity contribution in [2.45, 2.75) is 64.3 Å². The predicted molar refractivity (Wildman–Crippen MR) is 138 cm³/mol. The molecular formula is C25H36N6S. The molecule has 1 aromatic carbocycles. The Kier molecular flexibility index (Phi) is 8.15. The van der Waals surface area contributed by atoms with Crippen LogP contribution in [0.15, 0.2) is 36.4 Å². The third-order valence-electron chi connectivity index (χ3n) is 6.43. The van der Waals surface area contributed by atoms with Gasteiger partial charge in [0.15, 0.2) is 5.11 Å². The normalized spacial score (nSPS) is 18.4. The first-order valence-corrected chi connectivity index (χ1v) is 12.6. The zero-order valence-corrected chi connectivity index (χ0v) is 20.0. The summed E-state index contributed by atoms with van der Waals surface area (Å²) >= 11 is 5.63. The summed E-state index contributed by atoms with van der Waals surface area (Å²) in [7, 11) is 0. The molecule has 7 heteroatoms. The van der Waals surface area contributed by atoms with Gasteiger partial charge in [0.25, 0.3) is 0 Å². The van der Waals surface area contributed by atoms with E-state index in [2.05, 4.69) is 45.6 Å². The molecule has 2 aliphatic heterocycles. The summed E-state index contributed by atoms with van der Waals surface area (Å²) in [5.74, 6) is 2.62. The first kappa shape index (κ1) is 22.8. The molecule has 0 radical (unpaired) electrons. The molecule has 2 aromatic rings. The Morgan fingerprint density at radius 1 is 0.812 bits per heavy atom. The van der Waals surface area contributed by atoms with Crippen LogP contribution in [0.2, 0.25) is 0 Å². The molecule has 2 aliphatic rings. The average Bonchev–Trinajstić information content (AvgIpc) is 3.25. The van der Waals surface area contributed by atoms with Crippen LogP contribution in [0.1, 0.15) is 69.9 Å². The smallest absolute Gasteiger partial charge is 0.232 e. The van der Waals surface area contributed by atoms with Gasteiger partial charge in [-0.05, 0) is 50.4 Å². The molecule has 2 saturated heterocycles. The lowest BCUT2D eigenvalue weighted by atomic mass is 10.1. The fourth-order valence-electron chi connectivity index (χ4n) is 4.56. The third-order valence-corrected chi connectivity index (χ3v) is 6.65. The maximum atomic E-state index is 5.63. The fraction of sp³-hybridized carbons (Fsp3) is 0.560. The highest BCUT2D eigenvalue weighted by Crippen LogP contribution is 2.26. The van der Waals surface area contributed by atoms with E-state index in [9.17, 15) is 0 Å². The number of nitrogens with one attached hydrogen (secondary N) is 2. The van der Waals surface area contributed by atoms with Gasteiger partial charge in [-0.1, -0.05) is 56.0 Å². The Balaban J connectivity index is 1.53. The van der Waals surface area contributed by atoms with Crippen LogP contribution in [-0.4, -0.2) is 41.3 Å². The van der Waals surface area contributed by atoms with Crippen LogP contribution in [0.3, 0.4) is 0 Å². The van der Waals surface area contributed by atoms with Gasteiger partial charge in [0.05, 0.1) is 6.04 Å². The number of thiocarbonyl (C=S) groups is 1. The second-order valence-electron chi connectivity index (χ2n) is 8.94. The SMILES string of the molecule is CC(NC(=S)Nc1nc(N2CCCCCC2)cc(N2CCCCCC2)n1)c1ccccc1. The Morgan fingerprint density at radius 2 is 1.31 bits per heavy atom. The van der Waals surface area contributed by atoms with Gasteiger partial charge >= 0.3 is 0 Å². The van der Waals surface area contributed by atoms with Gasteiger partial charge in [-0.2, -0.15) is 9.97 Å². The van der Waals surface area contributed by atoms with Gasteiger partial charge < -0.3 is 20.4 Å². The van der Waals surface area contributed by atoms with Crippen molar-refractivity contribution in [3.05, 3.63) is 42.0 Å². The molecule has 6 nitrogen and oxygen atoms in total. The molecule has 32 heavy (non-hydrogen) atoms.